The Bertz CT molecular complexity index is 1130. The molecule has 4 aromatic rings. The van der Waals surface area contributed by atoms with Gasteiger partial charge in [0.1, 0.15) is 15.7 Å². The van der Waals surface area contributed by atoms with Crippen molar-refractivity contribution in [2.24, 2.45) is 0 Å². The third kappa shape index (κ3) is 4.84. The van der Waals surface area contributed by atoms with Crippen LogP contribution < -0.4 is 5.32 Å². The van der Waals surface area contributed by atoms with E-state index in [9.17, 15) is 4.79 Å². The second-order valence-corrected chi connectivity index (χ2v) is 9.33. The van der Waals surface area contributed by atoms with Crippen LogP contribution in [-0.2, 0) is 4.79 Å². The molecule has 146 valence electrons. The molecule has 0 aliphatic heterocycles. The number of benzene rings is 1. The van der Waals surface area contributed by atoms with Crippen LogP contribution in [-0.4, -0.2) is 26.8 Å². The van der Waals surface area contributed by atoms with Gasteiger partial charge in [-0.1, -0.05) is 41.6 Å². The van der Waals surface area contributed by atoms with E-state index in [0.29, 0.717) is 15.7 Å². The molecule has 0 atom stereocenters. The van der Waals surface area contributed by atoms with Crippen molar-refractivity contribution < 1.29 is 4.79 Å². The molecule has 0 aliphatic carbocycles. The van der Waals surface area contributed by atoms with Crippen molar-refractivity contribution in [2.75, 3.05) is 11.1 Å². The molecular formula is C20H15ClN4OS3. The number of hydrogen-bond acceptors (Lipinski definition) is 7. The number of amides is 1. The number of nitrogens with one attached hydrogen (secondary N) is 1. The van der Waals surface area contributed by atoms with Crippen molar-refractivity contribution >= 4 is 57.6 Å². The highest BCUT2D eigenvalue weighted by atomic mass is 35.5. The van der Waals surface area contributed by atoms with Crippen molar-refractivity contribution in [1.82, 2.24) is 15.2 Å². The summed E-state index contributed by atoms with van der Waals surface area (Å²) in [5.41, 5.74) is 2.32. The van der Waals surface area contributed by atoms with Crippen LogP contribution in [0.15, 0.2) is 58.9 Å². The smallest absolute Gasteiger partial charge is 0.234 e. The first-order valence-corrected chi connectivity index (χ1v) is 11.7. The second kappa shape index (κ2) is 9.04. The van der Waals surface area contributed by atoms with E-state index in [1.807, 2.05) is 42.6 Å². The highest BCUT2D eigenvalue weighted by Crippen LogP contribution is 2.36. The molecule has 0 radical (unpaired) electrons. The Labute approximate surface area is 185 Å². The molecule has 0 unspecified atom stereocenters. The van der Waals surface area contributed by atoms with Gasteiger partial charge in [-0.25, -0.2) is 4.98 Å². The molecule has 0 spiro atoms. The molecule has 9 heteroatoms. The number of aryl methyl sites for hydroxylation is 1. The number of anilines is 1. The molecule has 0 saturated carbocycles. The summed E-state index contributed by atoms with van der Waals surface area (Å²) in [4.78, 5) is 18.9. The van der Waals surface area contributed by atoms with E-state index in [2.05, 4.69) is 26.6 Å². The fourth-order valence-corrected chi connectivity index (χ4v) is 5.17. The number of carbonyl (C=O) groups is 1. The molecule has 29 heavy (non-hydrogen) atoms. The summed E-state index contributed by atoms with van der Waals surface area (Å²) in [6.07, 6.45) is 0. The van der Waals surface area contributed by atoms with Gasteiger partial charge in [0.2, 0.25) is 5.91 Å². The minimum absolute atomic E-state index is 0.145. The molecule has 0 bridgehead atoms. The molecule has 0 fully saturated rings. The monoisotopic (exact) mass is 458 g/mol. The zero-order valence-electron chi connectivity index (χ0n) is 15.3. The van der Waals surface area contributed by atoms with Crippen LogP contribution >= 0.6 is 46.0 Å². The summed E-state index contributed by atoms with van der Waals surface area (Å²) in [6, 6.07) is 15.0. The summed E-state index contributed by atoms with van der Waals surface area (Å²) in [5, 5.41) is 15.6. The van der Waals surface area contributed by atoms with Crippen LogP contribution in [0.5, 0.6) is 0 Å². The number of thioether (sulfide) groups is 1. The standard InChI is InChI=1S/C20H15ClN4OS3/c1-12-19(29-20(22-12)16-7-4-10-27-16)15-8-9-18(25-24-15)28-11-17(26)23-14-6-3-2-5-13(14)21/h2-10H,11H2,1H3,(H,23,26). The van der Waals surface area contributed by atoms with Crippen molar-refractivity contribution in [1.29, 1.82) is 0 Å². The number of hydrogen-bond donors (Lipinski definition) is 1. The van der Waals surface area contributed by atoms with Crippen LogP contribution in [0, 0.1) is 6.92 Å². The zero-order valence-corrected chi connectivity index (χ0v) is 18.5. The molecule has 0 saturated heterocycles. The first-order chi connectivity index (χ1) is 14.1. The lowest BCUT2D eigenvalue weighted by atomic mass is 10.3. The van der Waals surface area contributed by atoms with Gasteiger partial charge in [0, 0.05) is 0 Å². The lowest BCUT2D eigenvalue weighted by Gasteiger charge is -2.06. The Balaban J connectivity index is 1.40. The Morgan fingerprint density at radius 2 is 2.00 bits per heavy atom. The summed E-state index contributed by atoms with van der Waals surface area (Å²) in [7, 11) is 0. The van der Waals surface area contributed by atoms with Gasteiger partial charge in [-0.05, 0) is 42.6 Å². The normalized spacial score (nSPS) is 10.8. The summed E-state index contributed by atoms with van der Waals surface area (Å²) in [6.45, 7) is 1.98. The van der Waals surface area contributed by atoms with Crippen molar-refractivity contribution in [3.05, 3.63) is 64.6 Å². The predicted molar refractivity (Wildman–Crippen MR) is 122 cm³/mol. The maximum atomic E-state index is 12.1. The molecule has 1 amide bonds. The fraction of sp³-hybridized carbons (Fsp3) is 0.100. The number of aromatic nitrogens is 3. The van der Waals surface area contributed by atoms with Gasteiger partial charge in [-0.3, -0.25) is 4.79 Å². The Morgan fingerprint density at radius 1 is 1.14 bits per heavy atom. The molecule has 0 aliphatic rings. The Kier molecular flexibility index (Phi) is 6.25. The average Bonchev–Trinajstić information content (AvgIpc) is 3.38. The number of carbonyl (C=O) groups excluding carboxylic acids is 1. The van der Waals surface area contributed by atoms with Gasteiger partial charge in [-0.2, -0.15) is 0 Å². The largest absolute Gasteiger partial charge is 0.324 e. The van der Waals surface area contributed by atoms with E-state index in [1.54, 1.807) is 34.8 Å². The van der Waals surface area contributed by atoms with Crippen LogP contribution in [0.25, 0.3) is 20.5 Å². The van der Waals surface area contributed by atoms with Gasteiger partial charge >= 0.3 is 0 Å². The summed E-state index contributed by atoms with van der Waals surface area (Å²) in [5.74, 6) is 0.0781. The Hall–Kier alpha value is -2.26. The number of halogens is 1. The van der Waals surface area contributed by atoms with Crippen molar-refractivity contribution in [2.45, 2.75) is 11.9 Å². The first kappa shape index (κ1) is 20.0. The number of thiazole rings is 1. The molecule has 1 aromatic carbocycles. The summed E-state index contributed by atoms with van der Waals surface area (Å²) >= 11 is 10.7. The lowest BCUT2D eigenvalue weighted by molar-refractivity contribution is -0.113. The number of nitrogens with zero attached hydrogens (tertiary/aromatic N) is 3. The van der Waals surface area contributed by atoms with Gasteiger partial charge in [0.25, 0.3) is 0 Å². The third-order valence-corrected chi connectivity index (χ3v) is 7.37. The average molecular weight is 459 g/mol. The van der Waals surface area contributed by atoms with E-state index < -0.39 is 0 Å². The second-order valence-electron chi connectivity index (χ2n) is 5.98. The molecule has 5 nitrogen and oxygen atoms in total. The maximum absolute atomic E-state index is 12.1. The molecule has 1 N–H and O–H groups in total. The predicted octanol–water partition coefficient (Wildman–Crippen LogP) is 6.02. The van der Waals surface area contributed by atoms with Crippen LogP contribution in [0.1, 0.15) is 5.69 Å². The van der Waals surface area contributed by atoms with E-state index >= 15 is 0 Å². The highest BCUT2D eigenvalue weighted by Gasteiger charge is 2.14. The van der Waals surface area contributed by atoms with E-state index in [0.717, 1.165) is 26.1 Å². The summed E-state index contributed by atoms with van der Waals surface area (Å²) < 4.78 is 0. The number of para-hydroxylation sites is 1. The molecule has 4 rings (SSSR count). The topological polar surface area (TPSA) is 67.8 Å². The minimum Gasteiger partial charge on any atom is -0.324 e. The molecule has 3 heterocycles. The van der Waals surface area contributed by atoms with Gasteiger partial charge < -0.3 is 5.32 Å². The number of rotatable bonds is 6. The molecule has 3 aromatic heterocycles. The van der Waals surface area contributed by atoms with Crippen LogP contribution in [0.2, 0.25) is 5.02 Å². The van der Waals surface area contributed by atoms with Gasteiger partial charge in [0.15, 0.2) is 0 Å². The lowest BCUT2D eigenvalue weighted by Crippen LogP contribution is -2.14. The Morgan fingerprint density at radius 3 is 2.72 bits per heavy atom. The van der Waals surface area contributed by atoms with Gasteiger partial charge in [0.05, 0.1) is 31.9 Å². The SMILES string of the molecule is Cc1nc(-c2cccs2)sc1-c1ccc(SCC(=O)Nc2ccccc2Cl)nn1. The van der Waals surface area contributed by atoms with E-state index in [1.165, 1.54) is 11.8 Å². The molecular weight excluding hydrogens is 444 g/mol. The van der Waals surface area contributed by atoms with Crippen molar-refractivity contribution in [3.63, 3.8) is 0 Å². The minimum atomic E-state index is -0.145. The third-order valence-electron chi connectivity index (χ3n) is 3.90. The van der Waals surface area contributed by atoms with E-state index in [4.69, 9.17) is 11.6 Å². The quantitative estimate of drug-likeness (QED) is 0.358. The highest BCUT2D eigenvalue weighted by molar-refractivity contribution is 7.99. The maximum Gasteiger partial charge on any atom is 0.234 e. The number of thiophene rings is 1. The van der Waals surface area contributed by atoms with Crippen LogP contribution in [0.4, 0.5) is 5.69 Å². The van der Waals surface area contributed by atoms with Gasteiger partial charge in [-0.15, -0.1) is 32.9 Å². The van der Waals surface area contributed by atoms with E-state index in [-0.39, 0.29) is 11.7 Å². The van der Waals surface area contributed by atoms with Crippen molar-refractivity contribution in [3.8, 4) is 20.5 Å². The first-order valence-electron chi connectivity index (χ1n) is 8.63. The van der Waals surface area contributed by atoms with Crippen LogP contribution in [0.3, 0.4) is 0 Å². The zero-order chi connectivity index (χ0) is 20.2. The fourth-order valence-electron chi connectivity index (χ4n) is 2.55.